The lowest BCUT2D eigenvalue weighted by Crippen LogP contribution is -2.28. The van der Waals surface area contributed by atoms with E-state index in [9.17, 15) is 4.79 Å². The Balaban J connectivity index is 1.90. The molecular weight excluding hydrogens is 218 g/mol. The van der Waals surface area contributed by atoms with Crippen molar-refractivity contribution < 1.29 is 14.6 Å². The van der Waals surface area contributed by atoms with E-state index in [-0.39, 0.29) is 25.0 Å². The van der Waals surface area contributed by atoms with Crippen LogP contribution < -0.4 is 5.73 Å². The van der Waals surface area contributed by atoms with Gasteiger partial charge in [-0.05, 0) is 17.5 Å². The molecule has 1 aromatic rings. The van der Waals surface area contributed by atoms with E-state index in [1.54, 1.807) is 0 Å². The van der Waals surface area contributed by atoms with Crippen LogP contribution in [-0.4, -0.2) is 30.3 Å². The lowest BCUT2D eigenvalue weighted by atomic mass is 10.00. The fourth-order valence-electron chi connectivity index (χ4n) is 2.29. The molecule has 0 aliphatic heterocycles. The summed E-state index contributed by atoms with van der Waals surface area (Å²) in [4.78, 5) is 10.4. The maximum Gasteiger partial charge on any atom is 0.305 e. The summed E-state index contributed by atoms with van der Waals surface area (Å²) in [5.41, 5.74) is 8.60. The van der Waals surface area contributed by atoms with Crippen LogP contribution in [0.2, 0.25) is 0 Å². The fraction of sp³-hybridized carbons (Fsp3) is 0.462. The average Bonchev–Trinajstić information content (AvgIpc) is 2.60. The Hall–Kier alpha value is -1.39. The average molecular weight is 235 g/mol. The molecule has 0 bridgehead atoms. The Kier molecular flexibility index (Phi) is 3.76. The Morgan fingerprint density at radius 1 is 1.47 bits per heavy atom. The van der Waals surface area contributed by atoms with Gasteiger partial charge in [0.15, 0.2) is 0 Å². The van der Waals surface area contributed by atoms with Gasteiger partial charge >= 0.3 is 5.97 Å². The Labute approximate surface area is 100 Å². The molecule has 2 rings (SSSR count). The number of rotatable bonds is 5. The predicted octanol–water partition coefficient (Wildman–Crippen LogP) is 1.14. The second kappa shape index (κ2) is 5.29. The summed E-state index contributed by atoms with van der Waals surface area (Å²) < 4.78 is 5.39. The van der Waals surface area contributed by atoms with Gasteiger partial charge in [-0.25, -0.2) is 0 Å². The molecular formula is C13H17NO3. The molecule has 0 fully saturated rings. The number of aliphatic carboxylic acids is 1. The van der Waals surface area contributed by atoms with Crippen molar-refractivity contribution in [2.45, 2.75) is 24.8 Å². The summed E-state index contributed by atoms with van der Waals surface area (Å²) in [5.74, 6) is -0.638. The molecule has 0 aromatic heterocycles. The molecule has 0 radical (unpaired) electrons. The highest BCUT2D eigenvalue weighted by Crippen LogP contribution is 2.32. The van der Waals surface area contributed by atoms with Crippen LogP contribution in [0.1, 0.15) is 23.5 Å². The molecule has 3 N–H and O–H groups in total. The zero-order valence-electron chi connectivity index (χ0n) is 9.63. The molecule has 1 aliphatic carbocycles. The molecule has 0 saturated heterocycles. The third-order valence-corrected chi connectivity index (χ3v) is 3.18. The number of carboxylic acid groups (broad SMARTS) is 1. The van der Waals surface area contributed by atoms with Crippen molar-refractivity contribution in [2.75, 3.05) is 13.2 Å². The van der Waals surface area contributed by atoms with Crippen LogP contribution in [0.5, 0.6) is 0 Å². The van der Waals surface area contributed by atoms with E-state index in [0.717, 1.165) is 6.42 Å². The first-order chi connectivity index (χ1) is 8.18. The van der Waals surface area contributed by atoms with E-state index in [1.165, 1.54) is 11.1 Å². The molecule has 1 aromatic carbocycles. The summed E-state index contributed by atoms with van der Waals surface area (Å²) >= 11 is 0. The Bertz CT molecular complexity index is 405. The van der Waals surface area contributed by atoms with Gasteiger partial charge in [0.05, 0.1) is 19.6 Å². The van der Waals surface area contributed by atoms with Gasteiger partial charge in [-0.2, -0.15) is 0 Å². The Morgan fingerprint density at radius 3 is 3.00 bits per heavy atom. The number of fused-ring (bicyclic) bond motifs is 1. The second-order valence-electron chi connectivity index (χ2n) is 4.39. The van der Waals surface area contributed by atoms with Crippen molar-refractivity contribution in [3.63, 3.8) is 0 Å². The second-order valence-corrected chi connectivity index (χ2v) is 4.39. The van der Waals surface area contributed by atoms with Crippen LogP contribution in [-0.2, 0) is 16.0 Å². The largest absolute Gasteiger partial charge is 0.481 e. The lowest BCUT2D eigenvalue weighted by molar-refractivity contribution is -0.138. The van der Waals surface area contributed by atoms with Crippen molar-refractivity contribution in [3.05, 3.63) is 35.4 Å². The van der Waals surface area contributed by atoms with Crippen LogP contribution in [0.4, 0.5) is 0 Å². The van der Waals surface area contributed by atoms with Gasteiger partial charge in [0.1, 0.15) is 0 Å². The molecule has 0 unspecified atom stereocenters. The normalized spacial score (nSPS) is 22.4. The van der Waals surface area contributed by atoms with Crippen LogP contribution in [0.15, 0.2) is 24.3 Å². The van der Waals surface area contributed by atoms with Gasteiger partial charge in [-0.1, -0.05) is 24.3 Å². The lowest BCUT2D eigenvalue weighted by Gasteiger charge is -2.16. The minimum Gasteiger partial charge on any atom is -0.481 e. The van der Waals surface area contributed by atoms with Gasteiger partial charge in [-0.15, -0.1) is 0 Å². The predicted molar refractivity (Wildman–Crippen MR) is 63.9 cm³/mol. The van der Waals surface area contributed by atoms with Crippen molar-refractivity contribution in [3.8, 4) is 0 Å². The SMILES string of the molecule is N[C@@H]1Cc2ccccc2[C@H]1COCCC(=O)O. The molecule has 4 nitrogen and oxygen atoms in total. The molecule has 0 heterocycles. The number of ether oxygens (including phenoxy) is 1. The summed E-state index contributed by atoms with van der Waals surface area (Å²) in [6, 6.07) is 8.26. The molecule has 0 spiro atoms. The summed E-state index contributed by atoms with van der Waals surface area (Å²) in [7, 11) is 0. The van der Waals surface area contributed by atoms with E-state index in [2.05, 4.69) is 12.1 Å². The molecule has 92 valence electrons. The molecule has 17 heavy (non-hydrogen) atoms. The quantitative estimate of drug-likeness (QED) is 0.751. The summed E-state index contributed by atoms with van der Waals surface area (Å²) in [5, 5.41) is 8.51. The van der Waals surface area contributed by atoms with E-state index < -0.39 is 5.97 Å². The van der Waals surface area contributed by atoms with Crippen molar-refractivity contribution in [1.82, 2.24) is 0 Å². The first-order valence-electron chi connectivity index (χ1n) is 5.81. The van der Waals surface area contributed by atoms with E-state index in [4.69, 9.17) is 15.6 Å². The molecule has 0 saturated carbocycles. The van der Waals surface area contributed by atoms with Crippen molar-refractivity contribution in [2.24, 2.45) is 5.73 Å². The molecule has 1 aliphatic rings. The number of carboxylic acids is 1. The smallest absolute Gasteiger partial charge is 0.305 e. The zero-order chi connectivity index (χ0) is 12.3. The molecule has 0 amide bonds. The monoisotopic (exact) mass is 235 g/mol. The van der Waals surface area contributed by atoms with Crippen molar-refractivity contribution >= 4 is 5.97 Å². The first kappa shape index (κ1) is 12.1. The van der Waals surface area contributed by atoms with Gasteiger partial charge in [0, 0.05) is 12.0 Å². The summed E-state index contributed by atoms with van der Waals surface area (Å²) in [6.45, 7) is 0.756. The molecule has 4 heteroatoms. The number of hydrogen-bond donors (Lipinski definition) is 2. The topological polar surface area (TPSA) is 72.5 Å². The highest BCUT2D eigenvalue weighted by molar-refractivity contribution is 5.66. The van der Waals surface area contributed by atoms with Gasteiger partial charge in [-0.3, -0.25) is 4.79 Å². The third kappa shape index (κ3) is 2.84. The van der Waals surface area contributed by atoms with Crippen LogP contribution >= 0.6 is 0 Å². The first-order valence-corrected chi connectivity index (χ1v) is 5.81. The van der Waals surface area contributed by atoms with Gasteiger partial charge < -0.3 is 15.6 Å². The molecule has 2 atom stereocenters. The van der Waals surface area contributed by atoms with Gasteiger partial charge in [0.25, 0.3) is 0 Å². The van der Waals surface area contributed by atoms with E-state index >= 15 is 0 Å². The zero-order valence-corrected chi connectivity index (χ0v) is 9.63. The standard InChI is InChI=1S/C13H17NO3/c14-12-7-9-3-1-2-4-10(9)11(12)8-17-6-5-13(15)16/h1-4,11-12H,5-8,14H2,(H,15,16)/t11-,12-/m1/s1. The number of benzene rings is 1. The number of nitrogens with two attached hydrogens (primary N) is 1. The van der Waals surface area contributed by atoms with Crippen LogP contribution in [0.25, 0.3) is 0 Å². The fourth-order valence-corrected chi connectivity index (χ4v) is 2.29. The maximum absolute atomic E-state index is 10.4. The van der Waals surface area contributed by atoms with E-state index in [1.807, 2.05) is 12.1 Å². The number of carbonyl (C=O) groups is 1. The van der Waals surface area contributed by atoms with E-state index in [0.29, 0.717) is 6.61 Å². The highest BCUT2D eigenvalue weighted by atomic mass is 16.5. The summed E-state index contributed by atoms with van der Waals surface area (Å²) in [6.07, 6.45) is 0.923. The minimum atomic E-state index is -0.832. The van der Waals surface area contributed by atoms with Gasteiger partial charge in [0.2, 0.25) is 0 Å². The van der Waals surface area contributed by atoms with Crippen LogP contribution in [0.3, 0.4) is 0 Å². The van der Waals surface area contributed by atoms with Crippen molar-refractivity contribution in [1.29, 1.82) is 0 Å². The number of hydrogen-bond acceptors (Lipinski definition) is 3. The highest BCUT2D eigenvalue weighted by Gasteiger charge is 2.29. The van der Waals surface area contributed by atoms with Crippen LogP contribution in [0, 0.1) is 0 Å². The third-order valence-electron chi connectivity index (χ3n) is 3.18. The Morgan fingerprint density at radius 2 is 2.24 bits per heavy atom. The maximum atomic E-state index is 10.4. The minimum absolute atomic E-state index is 0.0452.